The third kappa shape index (κ3) is 3.54. The maximum atomic E-state index is 13.0. The average Bonchev–Trinajstić information content (AvgIpc) is 3.48. The van der Waals surface area contributed by atoms with Gasteiger partial charge in [-0.1, -0.05) is 18.2 Å². The van der Waals surface area contributed by atoms with Crippen molar-refractivity contribution in [1.82, 2.24) is 9.88 Å². The maximum absolute atomic E-state index is 13.0. The molecule has 0 saturated carbocycles. The monoisotopic (exact) mass is 463 g/mol. The second kappa shape index (κ2) is 7.88. The summed E-state index contributed by atoms with van der Waals surface area (Å²) in [6, 6.07) is 13.8. The highest BCUT2D eigenvalue weighted by Crippen LogP contribution is 2.45. The van der Waals surface area contributed by atoms with E-state index in [9.17, 15) is 4.79 Å². The van der Waals surface area contributed by atoms with E-state index < -0.39 is 0 Å². The fourth-order valence-corrected chi connectivity index (χ4v) is 6.69. The molecule has 2 aliphatic heterocycles. The largest absolute Gasteiger partial charge is 0.454 e. The number of para-hydroxylation sites is 1. The molecular formula is C24H21N3O3S2. The second-order valence-corrected chi connectivity index (χ2v) is 10.2. The number of hydrogen-bond donors (Lipinski definition) is 1. The van der Waals surface area contributed by atoms with Gasteiger partial charge >= 0.3 is 0 Å². The summed E-state index contributed by atoms with van der Waals surface area (Å²) in [7, 11) is 2.14. The lowest BCUT2D eigenvalue weighted by Crippen LogP contribution is -2.25. The number of fused-ring (bicyclic) bond motifs is 3. The van der Waals surface area contributed by atoms with E-state index in [2.05, 4.69) is 23.3 Å². The summed E-state index contributed by atoms with van der Waals surface area (Å²) in [6.07, 6.45) is 1.24. The summed E-state index contributed by atoms with van der Waals surface area (Å²) < 4.78 is 12.0. The minimum Gasteiger partial charge on any atom is -0.454 e. The Bertz CT molecular complexity index is 1310. The molecule has 6 rings (SSSR count). The van der Waals surface area contributed by atoms with Crippen molar-refractivity contribution in [3.8, 4) is 22.1 Å². The van der Waals surface area contributed by atoms with Crippen LogP contribution in [0.15, 0.2) is 42.5 Å². The number of rotatable bonds is 4. The van der Waals surface area contributed by atoms with Crippen LogP contribution < -0.4 is 14.8 Å². The maximum Gasteiger partial charge on any atom is 0.231 e. The molecule has 6 nitrogen and oxygen atoms in total. The third-order valence-corrected chi connectivity index (χ3v) is 8.00. The number of likely N-dealkylation sites (N-methyl/N-ethyl adjacent to an activating group) is 1. The van der Waals surface area contributed by atoms with Gasteiger partial charge in [0.2, 0.25) is 12.7 Å². The molecule has 0 bridgehead atoms. The van der Waals surface area contributed by atoms with Gasteiger partial charge in [0, 0.05) is 23.5 Å². The van der Waals surface area contributed by atoms with Crippen LogP contribution in [0.2, 0.25) is 0 Å². The predicted octanol–water partition coefficient (Wildman–Crippen LogP) is 4.92. The van der Waals surface area contributed by atoms with Gasteiger partial charge in [-0.15, -0.1) is 22.7 Å². The minimum atomic E-state index is -0.0434. The standard InChI is InChI=1S/C24H21N3O3S2/c1-27-9-8-15-20(12-27)32-24(22(15)23-25-16-4-2-3-5-19(16)31-23)26-21(28)11-14-6-7-17-18(10-14)30-13-29-17/h2-7,10H,8-9,11-13H2,1H3,(H,26,28). The van der Waals surface area contributed by atoms with Crippen molar-refractivity contribution in [2.24, 2.45) is 0 Å². The molecule has 0 fully saturated rings. The highest BCUT2D eigenvalue weighted by atomic mass is 32.1. The minimum absolute atomic E-state index is 0.0434. The number of thiazole rings is 1. The van der Waals surface area contributed by atoms with Crippen LogP contribution in [-0.4, -0.2) is 36.2 Å². The number of carbonyl (C=O) groups excluding carboxylic acids is 1. The number of amides is 1. The number of carbonyl (C=O) groups is 1. The van der Waals surface area contributed by atoms with Crippen molar-refractivity contribution in [2.45, 2.75) is 19.4 Å². The summed E-state index contributed by atoms with van der Waals surface area (Å²) in [5.74, 6) is 1.38. The van der Waals surface area contributed by atoms with Crippen molar-refractivity contribution in [3.63, 3.8) is 0 Å². The quantitative estimate of drug-likeness (QED) is 0.465. The molecule has 162 valence electrons. The normalized spacial score (nSPS) is 15.2. The Morgan fingerprint density at radius 2 is 2.03 bits per heavy atom. The van der Waals surface area contributed by atoms with Crippen LogP contribution in [0.3, 0.4) is 0 Å². The molecule has 0 radical (unpaired) electrons. The zero-order valence-corrected chi connectivity index (χ0v) is 19.1. The molecular weight excluding hydrogens is 442 g/mol. The summed E-state index contributed by atoms with van der Waals surface area (Å²) in [5, 5.41) is 5.07. The zero-order valence-electron chi connectivity index (χ0n) is 17.5. The number of anilines is 1. The zero-order chi connectivity index (χ0) is 21.7. The molecule has 4 aromatic rings. The first-order chi connectivity index (χ1) is 15.6. The number of aromatic nitrogens is 1. The molecule has 4 heterocycles. The van der Waals surface area contributed by atoms with Gasteiger partial charge in [-0.25, -0.2) is 4.98 Å². The molecule has 2 aromatic heterocycles. The molecule has 8 heteroatoms. The molecule has 32 heavy (non-hydrogen) atoms. The summed E-state index contributed by atoms with van der Waals surface area (Å²) in [4.78, 5) is 21.5. The number of nitrogens with zero attached hydrogens (tertiary/aromatic N) is 2. The van der Waals surface area contributed by atoms with Crippen molar-refractivity contribution in [3.05, 3.63) is 58.5 Å². The van der Waals surface area contributed by atoms with E-state index in [1.165, 1.54) is 10.4 Å². The first-order valence-electron chi connectivity index (χ1n) is 10.5. The van der Waals surface area contributed by atoms with Crippen molar-refractivity contribution in [2.75, 3.05) is 25.7 Å². The second-order valence-electron chi connectivity index (χ2n) is 8.10. The van der Waals surface area contributed by atoms with Gasteiger partial charge in [0.1, 0.15) is 10.0 Å². The molecule has 1 N–H and O–H groups in total. The molecule has 2 aliphatic rings. The van der Waals surface area contributed by atoms with Gasteiger partial charge in [0.25, 0.3) is 0 Å². The summed E-state index contributed by atoms with van der Waals surface area (Å²) >= 11 is 3.37. The van der Waals surface area contributed by atoms with Gasteiger partial charge in [-0.3, -0.25) is 4.79 Å². The van der Waals surface area contributed by atoms with E-state index in [1.807, 2.05) is 36.4 Å². The molecule has 0 saturated heterocycles. The van der Waals surface area contributed by atoms with E-state index in [0.29, 0.717) is 5.75 Å². The SMILES string of the molecule is CN1CCc2c(sc(NC(=O)Cc3ccc4c(c3)OCO4)c2-c2nc3ccccc3s2)C1. The summed E-state index contributed by atoms with van der Waals surface area (Å²) in [6.45, 7) is 2.13. The first kappa shape index (κ1) is 19.7. The van der Waals surface area contributed by atoms with E-state index in [1.54, 1.807) is 22.7 Å². The van der Waals surface area contributed by atoms with Gasteiger partial charge in [-0.05, 0) is 48.9 Å². The third-order valence-electron chi connectivity index (χ3n) is 5.81. The first-order valence-corrected chi connectivity index (χ1v) is 12.1. The highest BCUT2D eigenvalue weighted by molar-refractivity contribution is 7.22. The molecule has 0 spiro atoms. The number of nitrogens with one attached hydrogen (secondary N) is 1. The average molecular weight is 464 g/mol. The van der Waals surface area contributed by atoms with Crippen molar-refractivity contribution >= 4 is 43.8 Å². The van der Waals surface area contributed by atoms with Crippen LogP contribution in [0.25, 0.3) is 20.8 Å². The molecule has 0 unspecified atom stereocenters. The van der Waals surface area contributed by atoms with Gasteiger partial charge in [-0.2, -0.15) is 0 Å². The number of hydrogen-bond acceptors (Lipinski definition) is 7. The van der Waals surface area contributed by atoms with Crippen LogP contribution in [0.4, 0.5) is 5.00 Å². The van der Waals surface area contributed by atoms with Crippen LogP contribution in [-0.2, 0) is 24.2 Å². The molecule has 2 aromatic carbocycles. The lowest BCUT2D eigenvalue weighted by molar-refractivity contribution is -0.115. The molecule has 1 amide bonds. The smallest absolute Gasteiger partial charge is 0.231 e. The number of benzene rings is 2. The van der Waals surface area contributed by atoms with Crippen LogP contribution >= 0.6 is 22.7 Å². The van der Waals surface area contributed by atoms with Crippen LogP contribution in [0, 0.1) is 0 Å². The van der Waals surface area contributed by atoms with E-state index in [-0.39, 0.29) is 19.1 Å². The van der Waals surface area contributed by atoms with Crippen molar-refractivity contribution in [1.29, 1.82) is 0 Å². The van der Waals surface area contributed by atoms with Gasteiger partial charge in [0.15, 0.2) is 11.5 Å². The predicted molar refractivity (Wildman–Crippen MR) is 128 cm³/mol. The Labute approximate surface area is 193 Å². The number of ether oxygens (including phenoxy) is 2. The molecule has 0 aliphatic carbocycles. The van der Waals surface area contributed by atoms with E-state index in [4.69, 9.17) is 14.5 Å². The van der Waals surface area contributed by atoms with Gasteiger partial charge < -0.3 is 19.7 Å². The lowest BCUT2D eigenvalue weighted by atomic mass is 10.0. The highest BCUT2D eigenvalue weighted by Gasteiger charge is 2.27. The Morgan fingerprint density at radius 1 is 1.16 bits per heavy atom. The lowest BCUT2D eigenvalue weighted by Gasteiger charge is -2.22. The fourth-order valence-electron chi connectivity index (χ4n) is 4.23. The van der Waals surface area contributed by atoms with E-state index in [0.717, 1.165) is 56.6 Å². The van der Waals surface area contributed by atoms with Crippen molar-refractivity contribution < 1.29 is 14.3 Å². The van der Waals surface area contributed by atoms with Crippen LogP contribution in [0.1, 0.15) is 16.0 Å². The Kier molecular flexibility index (Phi) is 4.86. The van der Waals surface area contributed by atoms with Crippen LogP contribution in [0.5, 0.6) is 11.5 Å². The van der Waals surface area contributed by atoms with E-state index >= 15 is 0 Å². The van der Waals surface area contributed by atoms with Gasteiger partial charge in [0.05, 0.1) is 16.6 Å². The Hall–Kier alpha value is -2.94. The Balaban J connectivity index is 1.33. The topological polar surface area (TPSA) is 63.7 Å². The molecule has 0 atom stereocenters. The Morgan fingerprint density at radius 3 is 2.94 bits per heavy atom. The fraction of sp³-hybridized carbons (Fsp3) is 0.250. The number of thiophene rings is 1. The summed E-state index contributed by atoms with van der Waals surface area (Å²) in [5.41, 5.74) is 4.32.